The zero-order valence-electron chi connectivity index (χ0n) is 28.1. The Bertz CT molecular complexity index is 3130. The molecule has 0 aliphatic heterocycles. The van der Waals surface area contributed by atoms with Gasteiger partial charge in [-0.3, -0.25) is 0 Å². The smallest absolute Gasteiger partial charge is 0.220 e. The molecule has 7 aromatic carbocycles. The van der Waals surface area contributed by atoms with E-state index in [1.165, 1.54) is 0 Å². The molecule has 0 bridgehead atoms. The van der Waals surface area contributed by atoms with Gasteiger partial charge in [-0.25, -0.2) is 9.24 Å². The first kappa shape index (κ1) is 30.5. The summed E-state index contributed by atoms with van der Waals surface area (Å²) in [5, 5.41) is 17.3. The first-order valence-corrected chi connectivity index (χ1v) is 18.6. The summed E-state index contributed by atoms with van der Waals surface area (Å²) in [5.41, 5.74) is 6.05. The van der Waals surface area contributed by atoms with E-state index in [2.05, 4.69) is 88.3 Å². The van der Waals surface area contributed by atoms with Gasteiger partial charge in [-0.2, -0.15) is 5.26 Å². The molecule has 10 rings (SSSR count). The van der Waals surface area contributed by atoms with Gasteiger partial charge < -0.3 is 4.57 Å². The Kier molecular flexibility index (Phi) is 6.66. The van der Waals surface area contributed by atoms with Gasteiger partial charge in [0.1, 0.15) is 11.9 Å². The highest BCUT2D eigenvalue weighted by atomic mass is 32.1. The summed E-state index contributed by atoms with van der Waals surface area (Å²) in [4.78, 5) is 4.29. The molecule has 0 spiro atoms. The van der Waals surface area contributed by atoms with Crippen molar-refractivity contribution >= 4 is 90.5 Å². The summed E-state index contributed by atoms with van der Waals surface area (Å²) in [7, 11) is 0. The largest absolute Gasteiger partial charge is 0.316 e. The average Bonchev–Trinajstić information content (AvgIpc) is 3.84. The lowest BCUT2D eigenvalue weighted by Gasteiger charge is -2.23. The molecule has 0 saturated heterocycles. The first-order valence-electron chi connectivity index (χ1n) is 17.0. The number of aryl methyl sites for hydroxylation is 2. The Morgan fingerprint density at radius 3 is 1.56 bits per heavy atom. The standard InChI is InChI=1S/C46H26FN3S2/c1-25-12-4-6-14-27(25)38-35(24-48)40(47)39(28-15-7-5-13-26(28)2)44(41(38)49-3)50-42-31(20-22-33-29-16-8-10-18-36(29)51-45(33)42)32-21-23-34-30-17-9-11-19-37(30)52-46(34)43(32)50/h4-23H,1-2H3. The van der Waals surface area contributed by atoms with Crippen molar-refractivity contribution in [3.05, 3.63) is 155 Å². The summed E-state index contributed by atoms with van der Waals surface area (Å²) in [6.07, 6.45) is 0. The van der Waals surface area contributed by atoms with Crippen LogP contribution in [0.25, 0.3) is 94.9 Å². The molecule has 10 aromatic rings. The van der Waals surface area contributed by atoms with Crippen molar-refractivity contribution < 1.29 is 4.39 Å². The van der Waals surface area contributed by atoms with Crippen molar-refractivity contribution in [3.8, 4) is 34.0 Å². The second-order valence-electron chi connectivity index (χ2n) is 13.2. The zero-order valence-corrected chi connectivity index (χ0v) is 29.7. The van der Waals surface area contributed by atoms with E-state index in [4.69, 9.17) is 6.57 Å². The molecular weight excluding hydrogens is 678 g/mol. The molecule has 244 valence electrons. The number of nitriles is 1. The van der Waals surface area contributed by atoms with Crippen molar-refractivity contribution in [2.24, 2.45) is 0 Å². The van der Waals surface area contributed by atoms with Crippen LogP contribution in [-0.4, -0.2) is 4.57 Å². The normalized spacial score (nSPS) is 11.7. The Balaban J connectivity index is 1.55. The van der Waals surface area contributed by atoms with Crippen LogP contribution in [0.15, 0.2) is 121 Å². The third-order valence-electron chi connectivity index (χ3n) is 10.4. The molecule has 0 unspecified atom stereocenters. The van der Waals surface area contributed by atoms with Crippen LogP contribution in [0, 0.1) is 37.6 Å². The van der Waals surface area contributed by atoms with Crippen LogP contribution < -0.4 is 0 Å². The molecule has 0 aliphatic rings. The Morgan fingerprint density at radius 1 is 0.596 bits per heavy atom. The van der Waals surface area contributed by atoms with E-state index < -0.39 is 5.82 Å². The number of hydrogen-bond acceptors (Lipinski definition) is 3. The number of thiophene rings is 2. The average molecular weight is 704 g/mol. The summed E-state index contributed by atoms with van der Waals surface area (Å²) in [6.45, 7) is 12.8. The summed E-state index contributed by atoms with van der Waals surface area (Å²) >= 11 is 3.44. The summed E-state index contributed by atoms with van der Waals surface area (Å²) < 4.78 is 24.4. The molecule has 0 saturated carbocycles. The monoisotopic (exact) mass is 703 g/mol. The van der Waals surface area contributed by atoms with Gasteiger partial charge in [0.05, 0.1) is 38.3 Å². The zero-order chi connectivity index (χ0) is 35.2. The molecule has 0 aliphatic carbocycles. The molecule has 3 aromatic heterocycles. The van der Waals surface area contributed by atoms with Crippen molar-refractivity contribution in [2.45, 2.75) is 13.8 Å². The van der Waals surface area contributed by atoms with Gasteiger partial charge in [0.25, 0.3) is 0 Å². The number of nitrogens with zero attached hydrogens (tertiary/aromatic N) is 3. The number of fused-ring (bicyclic) bond motifs is 11. The highest BCUT2D eigenvalue weighted by Crippen LogP contribution is 2.53. The Hall–Kier alpha value is -6.31. The van der Waals surface area contributed by atoms with Crippen molar-refractivity contribution in [2.75, 3.05) is 0 Å². The van der Waals surface area contributed by atoms with Crippen molar-refractivity contribution in [1.82, 2.24) is 4.57 Å². The molecule has 0 N–H and O–H groups in total. The minimum Gasteiger partial charge on any atom is -0.316 e. The van der Waals surface area contributed by atoms with E-state index in [1.54, 1.807) is 22.7 Å². The quantitative estimate of drug-likeness (QED) is 0.169. The fraction of sp³-hybridized carbons (Fsp3) is 0.0435. The van der Waals surface area contributed by atoms with Crippen LogP contribution >= 0.6 is 22.7 Å². The SMILES string of the molecule is [C-]#[N+]c1c(-c2ccccc2C)c(C#N)c(F)c(-c2ccccc2C)c1-n1c2c(ccc3c4ccccc4sc32)c2ccc3c4ccccc4sc3c21. The third kappa shape index (κ3) is 4.08. The van der Waals surface area contributed by atoms with E-state index in [-0.39, 0.29) is 16.8 Å². The van der Waals surface area contributed by atoms with E-state index in [9.17, 15) is 5.26 Å². The van der Waals surface area contributed by atoms with E-state index in [0.717, 1.165) is 73.3 Å². The topological polar surface area (TPSA) is 33.1 Å². The number of benzene rings is 7. The van der Waals surface area contributed by atoms with Gasteiger partial charge in [-0.15, -0.1) is 22.7 Å². The fourth-order valence-corrected chi connectivity index (χ4v) is 10.6. The first-order chi connectivity index (χ1) is 25.5. The maximum atomic E-state index is 17.8. The molecule has 0 atom stereocenters. The molecule has 6 heteroatoms. The molecule has 0 fully saturated rings. The van der Waals surface area contributed by atoms with Crippen LogP contribution in [0.3, 0.4) is 0 Å². The minimum atomic E-state index is -0.625. The lowest BCUT2D eigenvalue weighted by molar-refractivity contribution is 0.627. The van der Waals surface area contributed by atoms with E-state index >= 15 is 4.39 Å². The number of aromatic nitrogens is 1. The third-order valence-corrected chi connectivity index (χ3v) is 12.8. The molecule has 52 heavy (non-hydrogen) atoms. The second-order valence-corrected chi connectivity index (χ2v) is 15.3. The summed E-state index contributed by atoms with van der Waals surface area (Å²) in [6, 6.07) is 43.1. The Morgan fingerprint density at radius 2 is 1.06 bits per heavy atom. The van der Waals surface area contributed by atoms with E-state index in [1.807, 2.05) is 62.4 Å². The number of rotatable bonds is 3. The van der Waals surface area contributed by atoms with Crippen LogP contribution in [0.2, 0.25) is 0 Å². The van der Waals surface area contributed by atoms with Crippen LogP contribution in [0.1, 0.15) is 16.7 Å². The predicted octanol–water partition coefficient (Wildman–Crippen LogP) is 14.0. The maximum absolute atomic E-state index is 17.8. The van der Waals surface area contributed by atoms with Gasteiger partial charge in [0, 0.05) is 52.8 Å². The van der Waals surface area contributed by atoms with Gasteiger partial charge >= 0.3 is 0 Å². The summed E-state index contributed by atoms with van der Waals surface area (Å²) in [5.74, 6) is -0.625. The molecule has 3 heterocycles. The predicted molar refractivity (Wildman–Crippen MR) is 218 cm³/mol. The minimum absolute atomic E-state index is 0.123. The highest BCUT2D eigenvalue weighted by Gasteiger charge is 2.32. The van der Waals surface area contributed by atoms with Gasteiger partial charge in [-0.1, -0.05) is 109 Å². The van der Waals surface area contributed by atoms with Gasteiger partial charge in [-0.05, 0) is 48.2 Å². The maximum Gasteiger partial charge on any atom is 0.220 e. The lowest BCUT2D eigenvalue weighted by Crippen LogP contribution is -2.06. The van der Waals surface area contributed by atoms with Crippen molar-refractivity contribution in [3.63, 3.8) is 0 Å². The van der Waals surface area contributed by atoms with Gasteiger partial charge in [0.15, 0.2) is 0 Å². The highest BCUT2D eigenvalue weighted by molar-refractivity contribution is 7.27. The van der Waals surface area contributed by atoms with Crippen LogP contribution in [0.4, 0.5) is 10.1 Å². The molecule has 0 amide bonds. The van der Waals surface area contributed by atoms with Crippen LogP contribution in [-0.2, 0) is 0 Å². The van der Waals surface area contributed by atoms with Crippen LogP contribution in [0.5, 0.6) is 0 Å². The fourth-order valence-electron chi connectivity index (χ4n) is 8.10. The van der Waals surface area contributed by atoms with Gasteiger partial charge in [0.2, 0.25) is 5.69 Å². The molecule has 3 nitrogen and oxygen atoms in total. The lowest BCUT2D eigenvalue weighted by atomic mass is 9.88. The number of hydrogen-bond donors (Lipinski definition) is 0. The second kappa shape index (κ2) is 11.4. The molecule has 0 radical (unpaired) electrons. The van der Waals surface area contributed by atoms with Crippen molar-refractivity contribution in [1.29, 1.82) is 5.26 Å². The van der Waals surface area contributed by atoms with E-state index in [0.29, 0.717) is 22.4 Å². The Labute approximate surface area is 306 Å². The number of halogens is 1. The molecular formula is C46H26FN3S2.